The van der Waals surface area contributed by atoms with Crippen LogP contribution in [0.5, 0.6) is 5.75 Å². The molecule has 2 heterocycles. The van der Waals surface area contributed by atoms with Gasteiger partial charge in [0.25, 0.3) is 0 Å². The Morgan fingerprint density at radius 1 is 1.07 bits per heavy atom. The summed E-state index contributed by atoms with van der Waals surface area (Å²) < 4.78 is 5.76. The first-order chi connectivity index (χ1) is 14.7. The van der Waals surface area contributed by atoms with E-state index in [1.165, 1.54) is 0 Å². The van der Waals surface area contributed by atoms with Crippen molar-refractivity contribution in [3.8, 4) is 17.2 Å². The van der Waals surface area contributed by atoms with Crippen molar-refractivity contribution in [1.29, 1.82) is 0 Å². The summed E-state index contributed by atoms with van der Waals surface area (Å²) in [4.78, 5) is 21.8. The Morgan fingerprint density at radius 3 is 2.63 bits per heavy atom. The minimum atomic E-state index is -0.525. The van der Waals surface area contributed by atoms with Crippen LogP contribution in [0.1, 0.15) is 31.2 Å². The standard InChI is InChI=1S/C24H21N3O3/c28-20-9-8-17(14-18(20)22-27-19-15-25-13-10-21(19)30-22)26-23(29)24(11-4-5-12-24)16-6-2-1-3-7-16/h1-3,6-10,13-15,28H,4-5,11-12H2,(H,26,29). The van der Waals surface area contributed by atoms with Crippen LogP contribution in [-0.2, 0) is 10.2 Å². The summed E-state index contributed by atoms with van der Waals surface area (Å²) >= 11 is 0. The van der Waals surface area contributed by atoms with Gasteiger partial charge in [0.15, 0.2) is 5.58 Å². The first-order valence-electron chi connectivity index (χ1n) is 10.1. The third kappa shape index (κ3) is 3.10. The lowest BCUT2D eigenvalue weighted by Crippen LogP contribution is -2.37. The number of fused-ring (bicyclic) bond motifs is 1. The molecule has 2 aromatic heterocycles. The summed E-state index contributed by atoms with van der Waals surface area (Å²) in [6.45, 7) is 0. The van der Waals surface area contributed by atoms with E-state index < -0.39 is 5.41 Å². The number of aromatic nitrogens is 2. The second kappa shape index (κ2) is 7.30. The molecule has 2 N–H and O–H groups in total. The van der Waals surface area contributed by atoms with E-state index in [-0.39, 0.29) is 17.5 Å². The van der Waals surface area contributed by atoms with Gasteiger partial charge in [0.2, 0.25) is 11.8 Å². The summed E-state index contributed by atoms with van der Waals surface area (Å²) in [7, 11) is 0. The predicted octanol–water partition coefficient (Wildman–Crippen LogP) is 5.05. The maximum absolute atomic E-state index is 13.4. The summed E-state index contributed by atoms with van der Waals surface area (Å²) in [5.74, 6) is 0.293. The number of carbonyl (C=O) groups excluding carboxylic acids is 1. The molecule has 6 nitrogen and oxygen atoms in total. The number of rotatable bonds is 4. The molecule has 150 valence electrons. The lowest BCUT2D eigenvalue weighted by atomic mass is 9.78. The van der Waals surface area contributed by atoms with Crippen LogP contribution in [0.15, 0.2) is 71.4 Å². The molecule has 0 bridgehead atoms. The molecule has 1 aliphatic rings. The summed E-state index contributed by atoms with van der Waals surface area (Å²) in [6.07, 6.45) is 6.94. The number of phenolic OH excluding ortho intramolecular Hbond substituents is 1. The van der Waals surface area contributed by atoms with Crippen LogP contribution in [0, 0.1) is 0 Å². The van der Waals surface area contributed by atoms with Crippen LogP contribution in [0.3, 0.4) is 0 Å². The lowest BCUT2D eigenvalue weighted by Gasteiger charge is -2.28. The van der Waals surface area contributed by atoms with Crippen molar-refractivity contribution in [1.82, 2.24) is 9.97 Å². The van der Waals surface area contributed by atoms with Crippen molar-refractivity contribution in [2.24, 2.45) is 0 Å². The van der Waals surface area contributed by atoms with E-state index in [9.17, 15) is 9.90 Å². The Bertz CT molecular complexity index is 1180. The summed E-state index contributed by atoms with van der Waals surface area (Å²) in [6, 6.07) is 16.6. The van der Waals surface area contributed by atoms with E-state index in [1.807, 2.05) is 30.3 Å². The van der Waals surface area contributed by atoms with Crippen LogP contribution in [0.2, 0.25) is 0 Å². The van der Waals surface area contributed by atoms with E-state index in [0.29, 0.717) is 22.4 Å². The van der Waals surface area contributed by atoms with Crippen LogP contribution in [0.4, 0.5) is 5.69 Å². The topological polar surface area (TPSA) is 88.2 Å². The lowest BCUT2D eigenvalue weighted by molar-refractivity contribution is -0.121. The van der Waals surface area contributed by atoms with Crippen molar-refractivity contribution in [3.63, 3.8) is 0 Å². The summed E-state index contributed by atoms with van der Waals surface area (Å²) in [5, 5.41) is 13.4. The van der Waals surface area contributed by atoms with E-state index in [1.54, 1.807) is 36.7 Å². The van der Waals surface area contributed by atoms with Crippen molar-refractivity contribution in [2.75, 3.05) is 5.32 Å². The Balaban J connectivity index is 1.48. The SMILES string of the molecule is O=C(Nc1ccc(O)c(-c2nc3cnccc3o2)c1)C1(c2ccccc2)CCCC1. The fraction of sp³-hybridized carbons (Fsp3) is 0.208. The van der Waals surface area contributed by atoms with Crippen molar-refractivity contribution in [2.45, 2.75) is 31.1 Å². The molecule has 4 aromatic rings. The molecule has 0 aliphatic heterocycles. The molecule has 5 rings (SSSR count). The minimum absolute atomic E-state index is 0.0235. The zero-order chi connectivity index (χ0) is 20.6. The van der Waals surface area contributed by atoms with Gasteiger partial charge in [0.05, 0.1) is 17.2 Å². The number of benzene rings is 2. The molecule has 6 heteroatoms. The van der Waals surface area contributed by atoms with E-state index in [2.05, 4.69) is 15.3 Å². The Morgan fingerprint density at radius 2 is 1.87 bits per heavy atom. The molecule has 0 radical (unpaired) electrons. The number of aromatic hydroxyl groups is 1. The fourth-order valence-corrected chi connectivity index (χ4v) is 4.31. The number of nitrogens with one attached hydrogen (secondary N) is 1. The maximum atomic E-state index is 13.4. The normalized spacial score (nSPS) is 15.3. The second-order valence-corrected chi connectivity index (χ2v) is 7.70. The molecular formula is C24H21N3O3. The van der Waals surface area contributed by atoms with E-state index in [0.717, 1.165) is 31.2 Å². The zero-order valence-electron chi connectivity index (χ0n) is 16.3. The van der Waals surface area contributed by atoms with Gasteiger partial charge in [-0.25, -0.2) is 4.98 Å². The van der Waals surface area contributed by atoms with Crippen LogP contribution >= 0.6 is 0 Å². The molecule has 2 aromatic carbocycles. The molecule has 0 atom stereocenters. The first-order valence-corrected chi connectivity index (χ1v) is 10.1. The van der Waals surface area contributed by atoms with Gasteiger partial charge in [-0.3, -0.25) is 9.78 Å². The Hall–Kier alpha value is -3.67. The molecule has 0 spiro atoms. The van der Waals surface area contributed by atoms with Gasteiger partial charge >= 0.3 is 0 Å². The number of anilines is 1. The van der Waals surface area contributed by atoms with Crippen LogP contribution in [0.25, 0.3) is 22.6 Å². The molecule has 1 fully saturated rings. The van der Waals surface area contributed by atoms with Crippen LogP contribution < -0.4 is 5.32 Å². The van der Waals surface area contributed by atoms with E-state index in [4.69, 9.17) is 4.42 Å². The van der Waals surface area contributed by atoms with Crippen molar-refractivity contribution >= 4 is 22.7 Å². The smallest absolute Gasteiger partial charge is 0.235 e. The number of hydrogen-bond donors (Lipinski definition) is 2. The third-order valence-electron chi connectivity index (χ3n) is 5.89. The first kappa shape index (κ1) is 18.4. The highest BCUT2D eigenvalue weighted by Crippen LogP contribution is 2.42. The number of amides is 1. The number of hydrogen-bond acceptors (Lipinski definition) is 5. The van der Waals surface area contributed by atoms with Gasteiger partial charge in [-0.15, -0.1) is 0 Å². The van der Waals surface area contributed by atoms with Gasteiger partial charge in [0.1, 0.15) is 11.3 Å². The molecule has 0 unspecified atom stereocenters. The van der Waals surface area contributed by atoms with Crippen LogP contribution in [-0.4, -0.2) is 21.0 Å². The van der Waals surface area contributed by atoms with Gasteiger partial charge in [0, 0.05) is 18.0 Å². The van der Waals surface area contributed by atoms with Gasteiger partial charge < -0.3 is 14.8 Å². The highest BCUT2D eigenvalue weighted by atomic mass is 16.3. The quantitative estimate of drug-likeness (QED) is 0.469. The van der Waals surface area contributed by atoms with Gasteiger partial charge in [-0.2, -0.15) is 0 Å². The molecule has 1 saturated carbocycles. The predicted molar refractivity (Wildman–Crippen MR) is 114 cm³/mol. The average molecular weight is 399 g/mol. The highest BCUT2D eigenvalue weighted by Gasteiger charge is 2.42. The monoisotopic (exact) mass is 399 g/mol. The Labute approximate surface area is 173 Å². The van der Waals surface area contributed by atoms with E-state index >= 15 is 0 Å². The number of nitrogens with zero attached hydrogens (tertiary/aromatic N) is 2. The molecule has 0 saturated heterocycles. The number of pyridine rings is 1. The Kier molecular flexibility index (Phi) is 4.47. The average Bonchev–Trinajstić information content (AvgIpc) is 3.44. The van der Waals surface area contributed by atoms with Crippen molar-refractivity contribution < 1.29 is 14.3 Å². The second-order valence-electron chi connectivity index (χ2n) is 7.70. The fourth-order valence-electron chi connectivity index (χ4n) is 4.31. The highest BCUT2D eigenvalue weighted by molar-refractivity contribution is 6.00. The zero-order valence-corrected chi connectivity index (χ0v) is 16.3. The minimum Gasteiger partial charge on any atom is -0.507 e. The number of phenols is 1. The largest absolute Gasteiger partial charge is 0.507 e. The molecule has 1 aliphatic carbocycles. The number of oxazole rings is 1. The maximum Gasteiger partial charge on any atom is 0.235 e. The molecule has 30 heavy (non-hydrogen) atoms. The molecule has 1 amide bonds. The summed E-state index contributed by atoms with van der Waals surface area (Å²) in [5.41, 5.74) is 2.73. The third-order valence-corrected chi connectivity index (χ3v) is 5.89. The van der Waals surface area contributed by atoms with Gasteiger partial charge in [-0.1, -0.05) is 43.2 Å². The van der Waals surface area contributed by atoms with Gasteiger partial charge in [-0.05, 0) is 36.6 Å². The molecular weight excluding hydrogens is 378 g/mol. The number of carbonyl (C=O) groups is 1. The van der Waals surface area contributed by atoms with Crippen molar-refractivity contribution in [3.05, 3.63) is 72.6 Å².